The minimum Gasteiger partial charge on any atom is -0.506 e. The second kappa shape index (κ2) is 2.99. The van der Waals surface area contributed by atoms with Gasteiger partial charge in [0.15, 0.2) is 0 Å². The van der Waals surface area contributed by atoms with Crippen molar-refractivity contribution in [3.63, 3.8) is 0 Å². The van der Waals surface area contributed by atoms with Crippen LogP contribution in [0.3, 0.4) is 0 Å². The van der Waals surface area contributed by atoms with Gasteiger partial charge >= 0.3 is 5.97 Å². The van der Waals surface area contributed by atoms with Crippen molar-refractivity contribution in [2.45, 2.75) is 0 Å². The fraction of sp³-hybridized carbons (Fsp3) is 0. The number of aromatic nitrogens is 1. The van der Waals surface area contributed by atoms with Gasteiger partial charge in [-0.1, -0.05) is 6.07 Å². The Hall–Kier alpha value is -2.10. The predicted molar refractivity (Wildman–Crippen MR) is 50.4 cm³/mol. The Bertz CT molecular complexity index is 508. The van der Waals surface area contributed by atoms with Crippen molar-refractivity contribution in [1.29, 1.82) is 0 Å². The molecule has 1 aromatic heterocycles. The Kier molecular flexibility index (Phi) is 1.81. The van der Waals surface area contributed by atoms with E-state index in [2.05, 4.69) is 4.98 Å². The van der Waals surface area contributed by atoms with Crippen LogP contribution in [-0.2, 0) is 0 Å². The lowest BCUT2D eigenvalue weighted by Crippen LogP contribution is -1.95. The number of pyridine rings is 1. The number of fused-ring (bicyclic) bond motifs is 1. The zero-order valence-electron chi connectivity index (χ0n) is 7.14. The van der Waals surface area contributed by atoms with Crippen molar-refractivity contribution in [1.82, 2.24) is 4.98 Å². The van der Waals surface area contributed by atoms with Crippen LogP contribution >= 0.6 is 0 Å². The highest BCUT2D eigenvalue weighted by atomic mass is 16.4. The number of carboxylic acid groups (broad SMARTS) is 1. The van der Waals surface area contributed by atoms with E-state index in [0.29, 0.717) is 10.9 Å². The lowest BCUT2D eigenvalue weighted by atomic mass is 10.1. The Morgan fingerprint density at radius 3 is 2.86 bits per heavy atom. The molecule has 0 fully saturated rings. The number of aromatic hydroxyl groups is 1. The number of aromatic carboxylic acids is 1. The highest BCUT2D eigenvalue weighted by molar-refractivity contribution is 5.95. The summed E-state index contributed by atoms with van der Waals surface area (Å²) < 4.78 is 0. The molecule has 2 rings (SSSR count). The van der Waals surface area contributed by atoms with Gasteiger partial charge in [-0.15, -0.1) is 0 Å². The van der Waals surface area contributed by atoms with Crippen LogP contribution in [-0.4, -0.2) is 21.2 Å². The van der Waals surface area contributed by atoms with Gasteiger partial charge < -0.3 is 10.2 Å². The van der Waals surface area contributed by atoms with Crippen LogP contribution in [0.2, 0.25) is 0 Å². The predicted octanol–water partition coefficient (Wildman–Crippen LogP) is 1.64. The molecule has 70 valence electrons. The quantitative estimate of drug-likeness (QED) is 0.715. The van der Waals surface area contributed by atoms with Crippen LogP contribution < -0.4 is 0 Å². The summed E-state index contributed by atoms with van der Waals surface area (Å²) in [5.41, 5.74) is 0.473. The maximum atomic E-state index is 10.7. The van der Waals surface area contributed by atoms with Crippen LogP contribution in [0.5, 0.6) is 5.75 Å². The molecular weight excluding hydrogens is 182 g/mol. The summed E-state index contributed by atoms with van der Waals surface area (Å²) in [4.78, 5) is 14.6. The molecule has 2 N–H and O–H groups in total. The third kappa shape index (κ3) is 1.26. The van der Waals surface area contributed by atoms with Gasteiger partial charge in [0.25, 0.3) is 0 Å². The number of carboxylic acids is 1. The first-order valence-electron chi connectivity index (χ1n) is 3.99. The zero-order valence-corrected chi connectivity index (χ0v) is 7.14. The molecule has 0 saturated carbocycles. The van der Waals surface area contributed by atoms with Crippen molar-refractivity contribution in [2.75, 3.05) is 0 Å². The molecule has 0 bridgehead atoms. The first-order valence-corrected chi connectivity index (χ1v) is 3.99. The van der Waals surface area contributed by atoms with E-state index in [1.165, 1.54) is 12.1 Å². The summed E-state index contributed by atoms with van der Waals surface area (Å²) in [7, 11) is 0. The molecule has 0 saturated heterocycles. The Morgan fingerprint density at radius 2 is 2.14 bits per heavy atom. The topological polar surface area (TPSA) is 70.4 Å². The molecule has 1 aromatic carbocycles. The zero-order chi connectivity index (χ0) is 10.1. The lowest BCUT2D eigenvalue weighted by molar-refractivity contribution is 0.0696. The average Bonchev–Trinajstić information content (AvgIpc) is 2.17. The first kappa shape index (κ1) is 8.50. The van der Waals surface area contributed by atoms with E-state index in [1.807, 2.05) is 0 Å². The molecule has 2 aromatic rings. The standard InChI is InChI=1S/C10H7NO3/c12-8-5-7(10(13)14)4-6-2-1-3-11-9(6)8/h1-5,12H,(H,13,14). The normalized spacial score (nSPS) is 10.3. The highest BCUT2D eigenvalue weighted by Gasteiger charge is 2.08. The number of rotatable bonds is 1. The number of nitrogens with zero attached hydrogens (tertiary/aromatic N) is 1. The summed E-state index contributed by atoms with van der Waals surface area (Å²) in [6.07, 6.45) is 1.54. The largest absolute Gasteiger partial charge is 0.506 e. The van der Waals surface area contributed by atoms with Crippen molar-refractivity contribution in [3.05, 3.63) is 36.0 Å². The van der Waals surface area contributed by atoms with E-state index in [-0.39, 0.29) is 11.3 Å². The van der Waals surface area contributed by atoms with Crippen molar-refractivity contribution in [2.24, 2.45) is 0 Å². The molecule has 4 nitrogen and oxygen atoms in total. The van der Waals surface area contributed by atoms with Gasteiger partial charge in [0.1, 0.15) is 11.3 Å². The molecular formula is C10H7NO3. The van der Waals surface area contributed by atoms with E-state index < -0.39 is 5.97 Å². The molecule has 0 aliphatic rings. The maximum absolute atomic E-state index is 10.7. The summed E-state index contributed by atoms with van der Waals surface area (Å²) in [5, 5.41) is 18.8. The Balaban J connectivity index is 2.78. The minimum absolute atomic E-state index is 0.0583. The molecule has 0 aliphatic carbocycles. The van der Waals surface area contributed by atoms with Gasteiger partial charge in [-0.3, -0.25) is 4.98 Å². The fourth-order valence-corrected chi connectivity index (χ4v) is 1.30. The molecule has 4 heteroatoms. The van der Waals surface area contributed by atoms with Crippen LogP contribution in [0.1, 0.15) is 10.4 Å². The van der Waals surface area contributed by atoms with E-state index in [1.54, 1.807) is 18.3 Å². The summed E-state index contributed by atoms with van der Waals surface area (Å²) in [6.45, 7) is 0. The van der Waals surface area contributed by atoms with Crippen molar-refractivity contribution in [3.8, 4) is 5.75 Å². The van der Waals surface area contributed by atoms with E-state index >= 15 is 0 Å². The summed E-state index contributed by atoms with van der Waals surface area (Å²) >= 11 is 0. The molecule has 1 heterocycles. The molecule has 14 heavy (non-hydrogen) atoms. The number of hydrogen-bond acceptors (Lipinski definition) is 3. The molecule has 0 aliphatic heterocycles. The number of benzene rings is 1. The summed E-state index contributed by atoms with van der Waals surface area (Å²) in [5.74, 6) is -1.17. The van der Waals surface area contributed by atoms with Crippen LogP contribution in [0, 0.1) is 0 Å². The third-order valence-corrected chi connectivity index (χ3v) is 1.93. The fourth-order valence-electron chi connectivity index (χ4n) is 1.30. The first-order chi connectivity index (χ1) is 6.68. The summed E-state index contributed by atoms with van der Waals surface area (Å²) in [6, 6.07) is 6.06. The van der Waals surface area contributed by atoms with Crippen molar-refractivity contribution >= 4 is 16.9 Å². The second-order valence-corrected chi connectivity index (χ2v) is 2.88. The maximum Gasteiger partial charge on any atom is 0.335 e. The van der Waals surface area contributed by atoms with E-state index in [4.69, 9.17) is 5.11 Å². The van der Waals surface area contributed by atoms with E-state index in [0.717, 1.165) is 0 Å². The van der Waals surface area contributed by atoms with Crippen molar-refractivity contribution < 1.29 is 15.0 Å². The van der Waals surface area contributed by atoms with Crippen LogP contribution in [0.25, 0.3) is 10.9 Å². The van der Waals surface area contributed by atoms with E-state index in [9.17, 15) is 9.90 Å². The SMILES string of the molecule is O=C(O)c1cc(O)c2ncccc2c1. The number of carbonyl (C=O) groups is 1. The lowest BCUT2D eigenvalue weighted by Gasteiger charge is -2.01. The van der Waals surface area contributed by atoms with Gasteiger partial charge in [-0.2, -0.15) is 0 Å². The van der Waals surface area contributed by atoms with Gasteiger partial charge in [-0.25, -0.2) is 4.79 Å². The molecule has 0 atom stereocenters. The van der Waals surface area contributed by atoms with Crippen LogP contribution in [0.4, 0.5) is 0 Å². The number of phenols is 1. The third-order valence-electron chi connectivity index (χ3n) is 1.93. The highest BCUT2D eigenvalue weighted by Crippen LogP contribution is 2.23. The van der Waals surface area contributed by atoms with Gasteiger partial charge in [-0.05, 0) is 18.2 Å². The Morgan fingerprint density at radius 1 is 1.36 bits per heavy atom. The Labute approximate surface area is 79.4 Å². The minimum atomic E-state index is -1.06. The molecule has 0 unspecified atom stereocenters. The van der Waals surface area contributed by atoms with Gasteiger partial charge in [0.05, 0.1) is 5.56 Å². The monoisotopic (exact) mass is 189 g/mol. The molecule has 0 spiro atoms. The number of phenolic OH excluding ortho intramolecular Hbond substituents is 1. The average molecular weight is 189 g/mol. The van der Waals surface area contributed by atoms with Gasteiger partial charge in [0.2, 0.25) is 0 Å². The molecule has 0 amide bonds. The van der Waals surface area contributed by atoms with Gasteiger partial charge in [0, 0.05) is 11.6 Å². The van der Waals surface area contributed by atoms with Crippen LogP contribution in [0.15, 0.2) is 30.5 Å². The second-order valence-electron chi connectivity index (χ2n) is 2.88. The number of hydrogen-bond donors (Lipinski definition) is 2. The molecule has 0 radical (unpaired) electrons. The smallest absolute Gasteiger partial charge is 0.335 e.